The van der Waals surface area contributed by atoms with Crippen LogP contribution >= 0.6 is 0 Å². The van der Waals surface area contributed by atoms with Crippen molar-refractivity contribution < 1.29 is 0 Å². The summed E-state index contributed by atoms with van der Waals surface area (Å²) in [6.07, 6.45) is 6.02. The quantitative estimate of drug-likeness (QED) is 0.837. The molecule has 2 aromatic rings. The molecule has 1 heterocycles. The normalized spacial score (nSPS) is 16.8. The molecule has 0 saturated heterocycles. The van der Waals surface area contributed by atoms with E-state index in [4.69, 9.17) is 10.7 Å². The fourth-order valence-electron chi connectivity index (χ4n) is 3.35. The summed E-state index contributed by atoms with van der Waals surface area (Å²) in [4.78, 5) is 4.90. The van der Waals surface area contributed by atoms with Crippen molar-refractivity contribution in [1.29, 1.82) is 0 Å². The average molecular weight is 285 g/mol. The SMILES string of the molecule is CC(C)C(CCN)CCc1nc2ccccc2n1C1CC1. The van der Waals surface area contributed by atoms with Gasteiger partial charge in [-0.3, -0.25) is 0 Å². The topological polar surface area (TPSA) is 43.8 Å². The molecule has 2 N–H and O–H groups in total. The third-order valence-corrected chi connectivity index (χ3v) is 4.80. The average Bonchev–Trinajstić information content (AvgIpc) is 3.23. The van der Waals surface area contributed by atoms with Gasteiger partial charge in [0.05, 0.1) is 11.0 Å². The molecule has 3 heteroatoms. The second-order valence-electron chi connectivity index (χ2n) is 6.74. The summed E-state index contributed by atoms with van der Waals surface area (Å²) in [5, 5.41) is 0. The second-order valence-corrected chi connectivity index (χ2v) is 6.74. The first-order chi connectivity index (χ1) is 10.2. The van der Waals surface area contributed by atoms with Crippen LogP contribution in [0.5, 0.6) is 0 Å². The minimum absolute atomic E-state index is 0.694. The standard InChI is InChI=1S/C18H27N3/c1-13(2)14(11-12-19)7-10-18-20-16-5-3-4-6-17(16)21(18)15-8-9-15/h3-6,13-15H,7-12,19H2,1-2H3. The zero-order chi connectivity index (χ0) is 14.8. The first-order valence-corrected chi connectivity index (χ1v) is 8.36. The van der Waals surface area contributed by atoms with Crippen LogP contribution in [0.2, 0.25) is 0 Å². The molecule has 0 radical (unpaired) electrons. The van der Waals surface area contributed by atoms with E-state index in [2.05, 4.69) is 42.7 Å². The van der Waals surface area contributed by atoms with Gasteiger partial charge in [0.15, 0.2) is 0 Å². The molecule has 0 spiro atoms. The van der Waals surface area contributed by atoms with Crippen LogP contribution in [0.25, 0.3) is 11.0 Å². The molecule has 1 aliphatic carbocycles. The van der Waals surface area contributed by atoms with Crippen LogP contribution in [0, 0.1) is 11.8 Å². The number of aryl methyl sites for hydroxylation is 1. The first kappa shape index (κ1) is 14.6. The van der Waals surface area contributed by atoms with Crippen molar-refractivity contribution in [3.63, 3.8) is 0 Å². The Kier molecular flexibility index (Phi) is 4.29. The summed E-state index contributed by atoms with van der Waals surface area (Å²) in [5.74, 6) is 2.69. The van der Waals surface area contributed by atoms with Crippen LogP contribution in [-0.4, -0.2) is 16.1 Å². The molecular formula is C18H27N3. The Hall–Kier alpha value is -1.35. The number of nitrogens with two attached hydrogens (primary N) is 1. The third-order valence-electron chi connectivity index (χ3n) is 4.80. The molecule has 1 aliphatic rings. The molecule has 1 atom stereocenters. The van der Waals surface area contributed by atoms with Crippen LogP contribution in [0.1, 0.15) is 51.4 Å². The molecule has 3 nitrogen and oxygen atoms in total. The highest BCUT2D eigenvalue weighted by Gasteiger charge is 2.28. The smallest absolute Gasteiger partial charge is 0.110 e. The fraction of sp³-hybridized carbons (Fsp3) is 0.611. The Balaban J connectivity index is 1.81. The largest absolute Gasteiger partial charge is 0.330 e. The van der Waals surface area contributed by atoms with Gasteiger partial charge in [-0.15, -0.1) is 0 Å². The monoisotopic (exact) mass is 285 g/mol. The summed E-state index contributed by atoms with van der Waals surface area (Å²) >= 11 is 0. The number of fused-ring (bicyclic) bond motifs is 1. The van der Waals surface area contributed by atoms with Crippen molar-refractivity contribution >= 4 is 11.0 Å². The van der Waals surface area contributed by atoms with Crippen molar-refractivity contribution in [2.24, 2.45) is 17.6 Å². The number of hydrogen-bond acceptors (Lipinski definition) is 2. The predicted octanol–water partition coefficient (Wildman–Crippen LogP) is 3.92. The number of nitrogens with zero attached hydrogens (tertiary/aromatic N) is 2. The highest BCUT2D eigenvalue weighted by molar-refractivity contribution is 5.76. The van der Waals surface area contributed by atoms with Crippen molar-refractivity contribution in [1.82, 2.24) is 9.55 Å². The van der Waals surface area contributed by atoms with Gasteiger partial charge >= 0.3 is 0 Å². The Bertz CT molecular complexity index is 596. The molecular weight excluding hydrogens is 258 g/mol. The van der Waals surface area contributed by atoms with Crippen molar-refractivity contribution in [3.05, 3.63) is 30.1 Å². The first-order valence-electron chi connectivity index (χ1n) is 8.36. The molecule has 1 aromatic heterocycles. The van der Waals surface area contributed by atoms with Gasteiger partial charge in [0.25, 0.3) is 0 Å². The fourth-order valence-corrected chi connectivity index (χ4v) is 3.35. The maximum absolute atomic E-state index is 5.76. The van der Waals surface area contributed by atoms with Crippen molar-refractivity contribution in [3.8, 4) is 0 Å². The van der Waals surface area contributed by atoms with Crippen molar-refractivity contribution in [2.45, 2.75) is 52.0 Å². The van der Waals surface area contributed by atoms with Crippen LogP contribution in [0.3, 0.4) is 0 Å². The highest BCUT2D eigenvalue weighted by atomic mass is 15.1. The molecule has 1 fully saturated rings. The van der Waals surface area contributed by atoms with Crippen molar-refractivity contribution in [2.75, 3.05) is 6.54 Å². The van der Waals surface area contributed by atoms with E-state index in [1.165, 1.54) is 30.6 Å². The van der Waals surface area contributed by atoms with Gasteiger partial charge in [0.2, 0.25) is 0 Å². The van der Waals surface area contributed by atoms with Crippen LogP contribution in [0.4, 0.5) is 0 Å². The van der Waals surface area contributed by atoms with Gasteiger partial charge in [-0.05, 0) is 56.2 Å². The third kappa shape index (κ3) is 3.13. The van der Waals surface area contributed by atoms with Crippen LogP contribution < -0.4 is 5.73 Å². The Morgan fingerprint density at radius 2 is 2.00 bits per heavy atom. The van der Waals surface area contributed by atoms with E-state index in [1.807, 2.05) is 0 Å². The van der Waals surface area contributed by atoms with E-state index in [1.54, 1.807) is 0 Å². The van der Waals surface area contributed by atoms with E-state index in [-0.39, 0.29) is 0 Å². The lowest BCUT2D eigenvalue weighted by molar-refractivity contribution is 0.338. The minimum Gasteiger partial charge on any atom is -0.330 e. The molecule has 114 valence electrons. The Morgan fingerprint density at radius 1 is 1.24 bits per heavy atom. The maximum atomic E-state index is 5.76. The zero-order valence-corrected chi connectivity index (χ0v) is 13.3. The summed E-state index contributed by atoms with van der Waals surface area (Å²) in [6, 6.07) is 9.25. The van der Waals surface area contributed by atoms with E-state index in [0.717, 1.165) is 24.9 Å². The van der Waals surface area contributed by atoms with Gasteiger partial charge in [-0.1, -0.05) is 26.0 Å². The zero-order valence-electron chi connectivity index (χ0n) is 13.3. The summed E-state index contributed by atoms with van der Waals surface area (Å²) < 4.78 is 2.50. The van der Waals surface area contributed by atoms with Gasteiger partial charge < -0.3 is 10.3 Å². The van der Waals surface area contributed by atoms with Gasteiger partial charge in [-0.2, -0.15) is 0 Å². The molecule has 3 rings (SSSR count). The molecule has 1 aromatic carbocycles. The minimum atomic E-state index is 0.694. The van der Waals surface area contributed by atoms with E-state index >= 15 is 0 Å². The number of rotatable bonds is 7. The van der Waals surface area contributed by atoms with Gasteiger partial charge in [0.1, 0.15) is 5.82 Å². The second kappa shape index (κ2) is 6.18. The molecule has 0 bridgehead atoms. The lowest BCUT2D eigenvalue weighted by atomic mass is 9.88. The molecule has 0 aliphatic heterocycles. The number of hydrogen-bond donors (Lipinski definition) is 1. The summed E-state index contributed by atoms with van der Waals surface area (Å²) in [5.41, 5.74) is 8.23. The van der Waals surface area contributed by atoms with E-state index in [0.29, 0.717) is 17.9 Å². The van der Waals surface area contributed by atoms with Gasteiger partial charge in [-0.25, -0.2) is 4.98 Å². The number of benzene rings is 1. The Labute approximate surface area is 127 Å². The highest BCUT2D eigenvalue weighted by Crippen LogP contribution is 2.39. The van der Waals surface area contributed by atoms with Crippen LogP contribution in [0.15, 0.2) is 24.3 Å². The van der Waals surface area contributed by atoms with E-state index in [9.17, 15) is 0 Å². The molecule has 1 unspecified atom stereocenters. The number of imidazole rings is 1. The summed E-state index contributed by atoms with van der Waals surface area (Å²) in [6.45, 7) is 5.41. The molecule has 21 heavy (non-hydrogen) atoms. The maximum Gasteiger partial charge on any atom is 0.110 e. The van der Waals surface area contributed by atoms with Crippen LogP contribution in [-0.2, 0) is 6.42 Å². The lowest BCUT2D eigenvalue weighted by Gasteiger charge is -2.20. The number of para-hydroxylation sites is 2. The van der Waals surface area contributed by atoms with Gasteiger partial charge in [0, 0.05) is 12.5 Å². The number of aromatic nitrogens is 2. The summed E-state index contributed by atoms with van der Waals surface area (Å²) in [7, 11) is 0. The lowest BCUT2D eigenvalue weighted by Crippen LogP contribution is -2.16. The van der Waals surface area contributed by atoms with E-state index < -0.39 is 0 Å². The molecule has 0 amide bonds. The Morgan fingerprint density at radius 3 is 2.67 bits per heavy atom. The molecule has 1 saturated carbocycles. The predicted molar refractivity (Wildman–Crippen MR) is 88.3 cm³/mol.